The first-order valence-corrected chi connectivity index (χ1v) is 7.73. The summed E-state index contributed by atoms with van der Waals surface area (Å²) in [5, 5.41) is 8.20. The van der Waals surface area contributed by atoms with E-state index in [9.17, 15) is 0 Å². The van der Waals surface area contributed by atoms with Crippen LogP contribution in [-0.2, 0) is 13.0 Å². The molecule has 0 saturated heterocycles. The van der Waals surface area contributed by atoms with Crippen molar-refractivity contribution in [2.75, 3.05) is 6.54 Å². The third-order valence-electron chi connectivity index (χ3n) is 3.78. The van der Waals surface area contributed by atoms with Gasteiger partial charge in [-0.15, -0.1) is 0 Å². The number of nitrogens with zero attached hydrogens (tertiary/aromatic N) is 3. The summed E-state index contributed by atoms with van der Waals surface area (Å²) >= 11 is 0. The minimum atomic E-state index is 0.649. The Kier molecular flexibility index (Phi) is 5.12. The Morgan fingerprint density at radius 2 is 2.05 bits per heavy atom. The summed E-state index contributed by atoms with van der Waals surface area (Å²) < 4.78 is 2.04. The van der Waals surface area contributed by atoms with Gasteiger partial charge in [0, 0.05) is 18.4 Å². The summed E-state index contributed by atoms with van der Waals surface area (Å²) in [6, 6.07) is 2.07. The van der Waals surface area contributed by atoms with Crippen molar-refractivity contribution in [3.8, 4) is 5.69 Å². The van der Waals surface area contributed by atoms with E-state index in [0.717, 1.165) is 30.9 Å². The van der Waals surface area contributed by atoms with E-state index in [4.69, 9.17) is 5.10 Å². The van der Waals surface area contributed by atoms with Gasteiger partial charge in [-0.3, -0.25) is 4.98 Å². The summed E-state index contributed by atoms with van der Waals surface area (Å²) in [6.07, 6.45) is 4.77. The molecule has 0 spiro atoms. The van der Waals surface area contributed by atoms with E-state index in [1.165, 1.54) is 16.8 Å². The van der Waals surface area contributed by atoms with E-state index >= 15 is 0 Å². The minimum absolute atomic E-state index is 0.649. The van der Waals surface area contributed by atoms with Crippen LogP contribution in [0.1, 0.15) is 43.3 Å². The summed E-state index contributed by atoms with van der Waals surface area (Å²) in [6.45, 7) is 12.7. The molecule has 4 heteroatoms. The van der Waals surface area contributed by atoms with Crippen molar-refractivity contribution in [3.05, 3.63) is 41.0 Å². The molecule has 0 atom stereocenters. The van der Waals surface area contributed by atoms with Crippen molar-refractivity contribution in [2.24, 2.45) is 5.92 Å². The van der Waals surface area contributed by atoms with Gasteiger partial charge in [0.25, 0.3) is 0 Å². The van der Waals surface area contributed by atoms with Crippen molar-refractivity contribution in [1.29, 1.82) is 0 Å². The van der Waals surface area contributed by atoms with Gasteiger partial charge in [-0.1, -0.05) is 20.8 Å². The summed E-state index contributed by atoms with van der Waals surface area (Å²) in [7, 11) is 0. The Labute approximate surface area is 127 Å². The van der Waals surface area contributed by atoms with Gasteiger partial charge in [0.05, 0.1) is 17.6 Å². The Hall–Kier alpha value is -1.68. The highest BCUT2D eigenvalue weighted by Gasteiger charge is 2.13. The maximum Gasteiger partial charge on any atom is 0.0876 e. The molecule has 2 aromatic heterocycles. The van der Waals surface area contributed by atoms with Crippen LogP contribution in [0.15, 0.2) is 18.5 Å². The van der Waals surface area contributed by atoms with Gasteiger partial charge in [-0.2, -0.15) is 5.10 Å². The largest absolute Gasteiger partial charge is 0.312 e. The molecule has 0 aliphatic rings. The first-order valence-electron chi connectivity index (χ1n) is 7.73. The topological polar surface area (TPSA) is 42.7 Å². The van der Waals surface area contributed by atoms with Gasteiger partial charge < -0.3 is 5.32 Å². The van der Waals surface area contributed by atoms with Crippen LogP contribution in [0.4, 0.5) is 0 Å². The number of hydrogen-bond donors (Lipinski definition) is 1. The first-order chi connectivity index (χ1) is 10.0. The van der Waals surface area contributed by atoms with Crippen LogP contribution >= 0.6 is 0 Å². The number of hydrogen-bond acceptors (Lipinski definition) is 3. The second kappa shape index (κ2) is 6.85. The van der Waals surface area contributed by atoms with Crippen molar-refractivity contribution in [3.63, 3.8) is 0 Å². The van der Waals surface area contributed by atoms with Crippen LogP contribution < -0.4 is 5.32 Å². The highest BCUT2D eigenvalue weighted by atomic mass is 15.3. The number of aromatic nitrogens is 3. The zero-order valence-electron chi connectivity index (χ0n) is 13.8. The molecule has 0 saturated carbocycles. The molecule has 0 aliphatic carbocycles. The molecule has 0 amide bonds. The third-order valence-corrected chi connectivity index (χ3v) is 3.78. The maximum absolute atomic E-state index is 4.70. The monoisotopic (exact) mass is 286 g/mol. The molecule has 2 heterocycles. The van der Waals surface area contributed by atoms with E-state index in [-0.39, 0.29) is 0 Å². The molecule has 0 unspecified atom stereocenters. The van der Waals surface area contributed by atoms with Gasteiger partial charge in [0.2, 0.25) is 0 Å². The van der Waals surface area contributed by atoms with Crippen LogP contribution in [0.2, 0.25) is 0 Å². The summed E-state index contributed by atoms with van der Waals surface area (Å²) in [4.78, 5) is 4.28. The first kappa shape index (κ1) is 15.7. The molecule has 0 fully saturated rings. The zero-order valence-corrected chi connectivity index (χ0v) is 13.8. The second-order valence-corrected chi connectivity index (χ2v) is 5.94. The lowest BCUT2D eigenvalue weighted by atomic mass is 10.1. The van der Waals surface area contributed by atoms with E-state index in [1.54, 1.807) is 0 Å². The standard InChI is InChI=1S/C17H26N4/c1-6-16-13(4)20-21(14(16)5)17-11-18-8-7-15(17)10-19-9-12(2)3/h7-8,11-12,19H,6,9-10H2,1-5H3. The average Bonchev–Trinajstić information content (AvgIpc) is 2.73. The summed E-state index contributed by atoms with van der Waals surface area (Å²) in [5.41, 5.74) is 5.97. The number of pyridine rings is 1. The smallest absolute Gasteiger partial charge is 0.0876 e. The molecule has 1 N–H and O–H groups in total. The Morgan fingerprint density at radius 1 is 1.29 bits per heavy atom. The lowest BCUT2D eigenvalue weighted by Gasteiger charge is -2.13. The average molecular weight is 286 g/mol. The van der Waals surface area contributed by atoms with Gasteiger partial charge in [0.15, 0.2) is 0 Å². The van der Waals surface area contributed by atoms with Crippen molar-refractivity contribution >= 4 is 0 Å². The van der Waals surface area contributed by atoms with Gasteiger partial charge in [-0.25, -0.2) is 4.68 Å². The van der Waals surface area contributed by atoms with Crippen LogP contribution in [0.5, 0.6) is 0 Å². The van der Waals surface area contributed by atoms with Crippen LogP contribution in [-0.4, -0.2) is 21.3 Å². The molecule has 0 aliphatic heterocycles. The Morgan fingerprint density at radius 3 is 2.67 bits per heavy atom. The zero-order chi connectivity index (χ0) is 15.4. The SMILES string of the molecule is CCc1c(C)nn(-c2cnccc2CNCC(C)C)c1C. The minimum Gasteiger partial charge on any atom is -0.312 e. The van der Waals surface area contributed by atoms with Gasteiger partial charge in [-0.05, 0) is 49.9 Å². The Bertz CT molecular complexity index is 599. The second-order valence-electron chi connectivity index (χ2n) is 5.94. The number of rotatable bonds is 6. The van der Waals surface area contributed by atoms with Crippen molar-refractivity contribution < 1.29 is 0 Å². The van der Waals surface area contributed by atoms with E-state index in [0.29, 0.717) is 5.92 Å². The fourth-order valence-electron chi connectivity index (χ4n) is 2.67. The van der Waals surface area contributed by atoms with Gasteiger partial charge >= 0.3 is 0 Å². The van der Waals surface area contributed by atoms with Gasteiger partial charge in [0.1, 0.15) is 0 Å². The molecule has 0 aromatic carbocycles. The molecular formula is C17H26N4. The van der Waals surface area contributed by atoms with Crippen LogP contribution in [0.25, 0.3) is 5.69 Å². The quantitative estimate of drug-likeness (QED) is 0.887. The van der Waals surface area contributed by atoms with Crippen LogP contribution in [0, 0.1) is 19.8 Å². The third kappa shape index (κ3) is 3.50. The number of nitrogens with one attached hydrogen (secondary N) is 1. The van der Waals surface area contributed by atoms with Crippen molar-refractivity contribution in [1.82, 2.24) is 20.1 Å². The molecule has 114 valence electrons. The Balaban J connectivity index is 2.32. The van der Waals surface area contributed by atoms with E-state index in [1.807, 2.05) is 17.1 Å². The predicted octanol–water partition coefficient (Wildman–Crippen LogP) is 3.19. The lowest BCUT2D eigenvalue weighted by Crippen LogP contribution is -2.20. The molecule has 21 heavy (non-hydrogen) atoms. The molecule has 4 nitrogen and oxygen atoms in total. The van der Waals surface area contributed by atoms with E-state index in [2.05, 4.69) is 51.0 Å². The highest BCUT2D eigenvalue weighted by Crippen LogP contribution is 2.20. The summed E-state index contributed by atoms with van der Waals surface area (Å²) in [5.74, 6) is 0.649. The fraction of sp³-hybridized carbons (Fsp3) is 0.529. The predicted molar refractivity (Wildman–Crippen MR) is 86.8 cm³/mol. The van der Waals surface area contributed by atoms with Crippen molar-refractivity contribution in [2.45, 2.75) is 47.6 Å². The maximum atomic E-state index is 4.70. The molecule has 2 rings (SSSR count). The molecule has 0 bridgehead atoms. The van der Waals surface area contributed by atoms with E-state index < -0.39 is 0 Å². The number of aryl methyl sites for hydroxylation is 1. The highest BCUT2D eigenvalue weighted by molar-refractivity contribution is 5.41. The molecular weight excluding hydrogens is 260 g/mol. The molecule has 2 aromatic rings. The van der Waals surface area contributed by atoms with Crippen LogP contribution in [0.3, 0.4) is 0 Å². The normalized spacial score (nSPS) is 11.3. The molecule has 0 radical (unpaired) electrons. The fourth-order valence-corrected chi connectivity index (χ4v) is 2.67. The lowest BCUT2D eigenvalue weighted by molar-refractivity contribution is 0.551.